The molecule has 4 aromatic rings. The molecule has 0 aliphatic heterocycles. The van der Waals surface area contributed by atoms with Gasteiger partial charge in [0.05, 0.1) is 23.2 Å². The van der Waals surface area contributed by atoms with Crippen LogP contribution in [0, 0.1) is 0 Å². The van der Waals surface area contributed by atoms with Crippen LogP contribution in [-0.2, 0) is 6.54 Å². The standard InChI is InChI=1S/C22H20N2O3/c25-22-18-7-5-15(13-24-10-9-23-14-24)11-20(18)27-21-12-17(6-8-19(21)22)26-16-3-1-2-4-16/h5-12,14,16H,1-4,13H2. The summed E-state index contributed by atoms with van der Waals surface area (Å²) in [7, 11) is 0. The minimum atomic E-state index is -0.00662. The number of ether oxygens (including phenoxy) is 1. The van der Waals surface area contributed by atoms with Crippen LogP contribution in [0.2, 0.25) is 0 Å². The Kier molecular flexibility index (Phi) is 3.93. The van der Waals surface area contributed by atoms with Gasteiger partial charge in [0.25, 0.3) is 0 Å². The van der Waals surface area contributed by atoms with Crippen LogP contribution in [0.1, 0.15) is 31.2 Å². The molecule has 0 bridgehead atoms. The fourth-order valence-electron chi connectivity index (χ4n) is 3.84. The molecule has 1 aliphatic rings. The van der Waals surface area contributed by atoms with Crippen LogP contribution in [0.25, 0.3) is 21.9 Å². The number of nitrogens with zero attached hydrogens (tertiary/aromatic N) is 2. The summed E-state index contributed by atoms with van der Waals surface area (Å²) in [4.78, 5) is 16.9. The predicted octanol–water partition coefficient (Wildman–Crippen LogP) is 4.51. The zero-order valence-corrected chi connectivity index (χ0v) is 14.9. The molecule has 0 N–H and O–H groups in total. The van der Waals surface area contributed by atoms with Crippen molar-refractivity contribution in [3.63, 3.8) is 0 Å². The molecule has 27 heavy (non-hydrogen) atoms. The van der Waals surface area contributed by atoms with Crippen LogP contribution >= 0.6 is 0 Å². The topological polar surface area (TPSA) is 57.3 Å². The van der Waals surface area contributed by atoms with E-state index < -0.39 is 0 Å². The van der Waals surface area contributed by atoms with Crippen molar-refractivity contribution < 1.29 is 9.15 Å². The molecule has 0 saturated heterocycles. The molecule has 2 aromatic heterocycles. The maximum Gasteiger partial charge on any atom is 0.200 e. The molecular formula is C22H20N2O3. The molecule has 5 heteroatoms. The molecule has 1 fully saturated rings. The molecule has 1 saturated carbocycles. The molecule has 0 amide bonds. The van der Waals surface area contributed by atoms with E-state index in [1.807, 2.05) is 47.2 Å². The smallest absolute Gasteiger partial charge is 0.200 e. The molecule has 136 valence electrons. The van der Waals surface area contributed by atoms with Crippen LogP contribution in [0.4, 0.5) is 0 Å². The molecule has 0 radical (unpaired) electrons. The molecule has 2 heterocycles. The maximum absolute atomic E-state index is 12.9. The van der Waals surface area contributed by atoms with Gasteiger partial charge in [-0.15, -0.1) is 0 Å². The lowest BCUT2D eigenvalue weighted by molar-refractivity contribution is 0.210. The molecule has 0 unspecified atom stereocenters. The summed E-state index contributed by atoms with van der Waals surface area (Å²) in [5.41, 5.74) is 2.22. The van der Waals surface area contributed by atoms with Gasteiger partial charge in [-0.25, -0.2) is 4.98 Å². The van der Waals surface area contributed by atoms with E-state index in [2.05, 4.69) is 4.98 Å². The van der Waals surface area contributed by atoms with Crippen LogP contribution in [0.15, 0.2) is 64.3 Å². The van der Waals surface area contributed by atoms with Crippen LogP contribution < -0.4 is 10.2 Å². The average Bonchev–Trinajstić information content (AvgIpc) is 3.36. The summed E-state index contributed by atoms with van der Waals surface area (Å²) in [6.07, 6.45) is 10.3. The van der Waals surface area contributed by atoms with Crippen molar-refractivity contribution in [1.29, 1.82) is 0 Å². The van der Waals surface area contributed by atoms with Crippen molar-refractivity contribution in [2.75, 3.05) is 0 Å². The van der Waals surface area contributed by atoms with Crippen LogP contribution in [0.3, 0.4) is 0 Å². The van der Waals surface area contributed by atoms with Gasteiger partial charge in [-0.05, 0) is 55.5 Å². The highest BCUT2D eigenvalue weighted by Gasteiger charge is 2.17. The number of fused-ring (bicyclic) bond motifs is 2. The van der Waals surface area contributed by atoms with E-state index in [4.69, 9.17) is 9.15 Å². The Labute approximate surface area is 156 Å². The Morgan fingerprint density at radius 1 is 1.07 bits per heavy atom. The Balaban J connectivity index is 1.55. The van der Waals surface area contributed by atoms with E-state index in [-0.39, 0.29) is 11.5 Å². The summed E-state index contributed by atoms with van der Waals surface area (Å²) in [6, 6.07) is 11.3. The van der Waals surface area contributed by atoms with Crippen molar-refractivity contribution in [3.05, 3.63) is 70.9 Å². The van der Waals surface area contributed by atoms with Gasteiger partial charge in [-0.3, -0.25) is 4.79 Å². The fourth-order valence-corrected chi connectivity index (χ4v) is 3.84. The number of aromatic nitrogens is 2. The molecule has 5 rings (SSSR count). The first-order valence-corrected chi connectivity index (χ1v) is 9.38. The zero-order chi connectivity index (χ0) is 18.2. The largest absolute Gasteiger partial charge is 0.490 e. The number of hydrogen-bond donors (Lipinski definition) is 0. The summed E-state index contributed by atoms with van der Waals surface area (Å²) in [5.74, 6) is 0.770. The van der Waals surface area contributed by atoms with Crippen molar-refractivity contribution in [2.45, 2.75) is 38.3 Å². The number of rotatable bonds is 4. The first-order valence-electron chi connectivity index (χ1n) is 9.38. The second kappa shape index (κ2) is 6.58. The van der Waals surface area contributed by atoms with Crippen molar-refractivity contribution >= 4 is 21.9 Å². The summed E-state index contributed by atoms with van der Waals surface area (Å²) in [5, 5.41) is 1.19. The monoisotopic (exact) mass is 360 g/mol. The van der Waals surface area contributed by atoms with E-state index in [0.29, 0.717) is 28.5 Å². The summed E-state index contributed by atoms with van der Waals surface area (Å²) >= 11 is 0. The Morgan fingerprint density at radius 2 is 1.85 bits per heavy atom. The zero-order valence-electron chi connectivity index (χ0n) is 14.9. The quantitative estimate of drug-likeness (QED) is 0.502. The number of imidazole rings is 1. The van der Waals surface area contributed by atoms with Crippen molar-refractivity contribution in [1.82, 2.24) is 9.55 Å². The van der Waals surface area contributed by atoms with Gasteiger partial charge >= 0.3 is 0 Å². The van der Waals surface area contributed by atoms with Crippen LogP contribution in [0.5, 0.6) is 5.75 Å². The number of hydrogen-bond acceptors (Lipinski definition) is 4. The first-order chi connectivity index (χ1) is 13.3. The third-order valence-electron chi connectivity index (χ3n) is 5.24. The second-order valence-corrected chi connectivity index (χ2v) is 7.18. The second-order valence-electron chi connectivity index (χ2n) is 7.18. The minimum Gasteiger partial charge on any atom is -0.490 e. The Bertz CT molecular complexity index is 1160. The molecule has 0 spiro atoms. The Hall–Kier alpha value is -3.08. The number of benzene rings is 2. The van der Waals surface area contributed by atoms with Gasteiger partial charge in [0.2, 0.25) is 5.43 Å². The third kappa shape index (κ3) is 3.10. The van der Waals surface area contributed by atoms with E-state index in [1.165, 1.54) is 12.8 Å². The lowest BCUT2D eigenvalue weighted by Gasteiger charge is -2.13. The van der Waals surface area contributed by atoms with Crippen LogP contribution in [-0.4, -0.2) is 15.7 Å². The minimum absolute atomic E-state index is 0.00662. The molecule has 0 atom stereocenters. The SMILES string of the molecule is O=c1c2ccc(Cn3ccnc3)cc2oc2cc(OC3CCCC3)ccc12. The van der Waals surface area contributed by atoms with E-state index in [1.54, 1.807) is 12.5 Å². The molecule has 2 aromatic carbocycles. The lowest BCUT2D eigenvalue weighted by atomic mass is 10.1. The first kappa shape index (κ1) is 16.1. The van der Waals surface area contributed by atoms with Gasteiger partial charge in [0.15, 0.2) is 0 Å². The van der Waals surface area contributed by atoms with E-state index in [9.17, 15) is 4.79 Å². The van der Waals surface area contributed by atoms with Gasteiger partial charge < -0.3 is 13.7 Å². The summed E-state index contributed by atoms with van der Waals surface area (Å²) < 4.78 is 14.1. The van der Waals surface area contributed by atoms with Gasteiger partial charge in [-0.2, -0.15) is 0 Å². The average molecular weight is 360 g/mol. The molecular weight excluding hydrogens is 340 g/mol. The summed E-state index contributed by atoms with van der Waals surface area (Å²) in [6.45, 7) is 0.683. The normalized spacial score (nSPS) is 15.0. The molecule has 5 nitrogen and oxygen atoms in total. The van der Waals surface area contributed by atoms with Gasteiger partial charge in [0.1, 0.15) is 16.9 Å². The Morgan fingerprint density at radius 3 is 2.63 bits per heavy atom. The maximum atomic E-state index is 12.9. The highest BCUT2D eigenvalue weighted by atomic mass is 16.5. The lowest BCUT2D eigenvalue weighted by Crippen LogP contribution is -2.11. The van der Waals surface area contributed by atoms with E-state index in [0.717, 1.165) is 24.2 Å². The van der Waals surface area contributed by atoms with E-state index >= 15 is 0 Å². The molecule has 1 aliphatic carbocycles. The highest BCUT2D eigenvalue weighted by Crippen LogP contribution is 2.27. The third-order valence-corrected chi connectivity index (χ3v) is 5.24. The van der Waals surface area contributed by atoms with Crippen molar-refractivity contribution in [3.8, 4) is 5.75 Å². The highest BCUT2D eigenvalue weighted by molar-refractivity contribution is 5.90. The van der Waals surface area contributed by atoms with Gasteiger partial charge in [-0.1, -0.05) is 6.07 Å². The van der Waals surface area contributed by atoms with Gasteiger partial charge in [0, 0.05) is 25.0 Å². The fraction of sp³-hybridized carbons (Fsp3) is 0.273. The predicted molar refractivity (Wildman–Crippen MR) is 104 cm³/mol. The van der Waals surface area contributed by atoms with Crippen molar-refractivity contribution in [2.24, 2.45) is 0 Å².